The molecular formula is C12H7F6N2. The van der Waals surface area contributed by atoms with Gasteiger partial charge in [0.2, 0.25) is 0 Å². The largest absolute Gasteiger partial charge is 0.417 e. The molecule has 0 amide bonds. The molecule has 0 atom stereocenters. The molecule has 0 aliphatic carbocycles. The molecule has 2 aromatic rings. The Kier molecular flexibility index (Phi) is 3.27. The fourth-order valence-electron chi connectivity index (χ4n) is 1.80. The summed E-state index contributed by atoms with van der Waals surface area (Å²) in [6.07, 6.45) is -7.42. The lowest BCUT2D eigenvalue weighted by molar-refractivity contribution is -0.142. The van der Waals surface area contributed by atoms with E-state index in [1.807, 2.05) is 0 Å². The van der Waals surface area contributed by atoms with E-state index in [1.54, 1.807) is 0 Å². The van der Waals surface area contributed by atoms with Crippen LogP contribution in [0.4, 0.5) is 26.3 Å². The molecule has 1 heterocycles. The Bertz CT molecular complexity index is 591. The van der Waals surface area contributed by atoms with Crippen LogP contribution in [0.5, 0.6) is 0 Å². The van der Waals surface area contributed by atoms with E-state index in [1.165, 1.54) is 7.05 Å². The maximum absolute atomic E-state index is 12.9. The van der Waals surface area contributed by atoms with Gasteiger partial charge in [0.1, 0.15) is 0 Å². The molecule has 1 aromatic heterocycles. The van der Waals surface area contributed by atoms with E-state index in [0.29, 0.717) is 12.1 Å². The smallest absolute Gasteiger partial charge is 0.266 e. The SMILES string of the molecule is Cn1[c]cc(-c2c(C(F)(F)F)cccc2C(F)(F)F)n1. The summed E-state index contributed by atoms with van der Waals surface area (Å²) in [6.45, 7) is 0. The molecule has 0 fully saturated rings. The van der Waals surface area contributed by atoms with Gasteiger partial charge in [0.05, 0.1) is 23.0 Å². The molecule has 1 radical (unpaired) electrons. The van der Waals surface area contributed by atoms with E-state index in [9.17, 15) is 26.3 Å². The third-order valence-corrected chi connectivity index (χ3v) is 2.58. The van der Waals surface area contributed by atoms with E-state index in [4.69, 9.17) is 0 Å². The van der Waals surface area contributed by atoms with Crippen LogP contribution >= 0.6 is 0 Å². The summed E-state index contributed by atoms with van der Waals surface area (Å²) < 4.78 is 78.4. The molecular weight excluding hydrogens is 286 g/mol. The van der Waals surface area contributed by atoms with E-state index in [0.717, 1.165) is 16.8 Å². The highest BCUT2D eigenvalue weighted by Crippen LogP contribution is 2.43. The Balaban J connectivity index is 2.79. The molecule has 2 nitrogen and oxygen atoms in total. The van der Waals surface area contributed by atoms with Gasteiger partial charge in [-0.25, -0.2) is 0 Å². The summed E-state index contributed by atoms with van der Waals surface area (Å²) in [5, 5.41) is 3.59. The van der Waals surface area contributed by atoms with E-state index in [-0.39, 0.29) is 0 Å². The zero-order valence-corrected chi connectivity index (χ0v) is 9.97. The molecule has 0 unspecified atom stereocenters. The monoisotopic (exact) mass is 293 g/mol. The Labute approximate surface area is 109 Å². The summed E-state index contributed by atoms with van der Waals surface area (Å²) in [6, 6.07) is 2.90. The minimum Gasteiger partial charge on any atom is -0.266 e. The molecule has 0 aliphatic rings. The standard InChI is InChI=1S/C12H7F6N2/c1-20-6-5-9(19-20)10-7(11(13,14)15)3-2-4-8(10)12(16,17)18/h2-5H,1H3. The van der Waals surface area contributed by atoms with Crippen molar-refractivity contribution in [3.8, 4) is 11.3 Å². The van der Waals surface area contributed by atoms with E-state index in [2.05, 4.69) is 11.3 Å². The van der Waals surface area contributed by atoms with Crippen molar-refractivity contribution in [3.05, 3.63) is 41.6 Å². The molecule has 0 saturated heterocycles. The normalized spacial score (nSPS) is 12.8. The van der Waals surface area contributed by atoms with Crippen LogP contribution in [0.3, 0.4) is 0 Å². The summed E-state index contributed by atoms with van der Waals surface area (Å²) >= 11 is 0. The predicted molar refractivity (Wildman–Crippen MR) is 57.5 cm³/mol. The number of hydrogen-bond acceptors (Lipinski definition) is 1. The highest BCUT2D eigenvalue weighted by Gasteiger charge is 2.41. The number of alkyl halides is 6. The average molecular weight is 293 g/mol. The minimum atomic E-state index is -4.91. The average Bonchev–Trinajstić information content (AvgIpc) is 2.72. The second-order valence-corrected chi connectivity index (χ2v) is 4.01. The van der Waals surface area contributed by atoms with Gasteiger partial charge in [0, 0.05) is 12.6 Å². The molecule has 8 heteroatoms. The zero-order chi connectivity index (χ0) is 15.1. The number of benzene rings is 1. The Morgan fingerprint density at radius 3 is 1.85 bits per heavy atom. The summed E-state index contributed by atoms with van der Waals surface area (Å²) in [4.78, 5) is 0. The first-order valence-corrected chi connectivity index (χ1v) is 5.30. The van der Waals surface area contributed by atoms with Crippen molar-refractivity contribution in [2.75, 3.05) is 0 Å². The van der Waals surface area contributed by atoms with Crippen LogP contribution < -0.4 is 0 Å². The molecule has 0 bridgehead atoms. The van der Waals surface area contributed by atoms with Crippen LogP contribution in [0.1, 0.15) is 11.1 Å². The van der Waals surface area contributed by atoms with Gasteiger partial charge < -0.3 is 0 Å². The summed E-state index contributed by atoms with van der Waals surface area (Å²) in [7, 11) is 1.35. The third-order valence-electron chi connectivity index (χ3n) is 2.58. The molecule has 0 saturated carbocycles. The highest BCUT2D eigenvalue weighted by atomic mass is 19.4. The lowest BCUT2D eigenvalue weighted by Crippen LogP contribution is -2.14. The van der Waals surface area contributed by atoms with Crippen molar-refractivity contribution in [3.63, 3.8) is 0 Å². The van der Waals surface area contributed by atoms with Crippen molar-refractivity contribution in [2.24, 2.45) is 7.05 Å². The Hall–Kier alpha value is -1.99. The summed E-state index contributed by atoms with van der Waals surface area (Å²) in [5.41, 5.74) is -4.16. The number of aryl methyl sites for hydroxylation is 1. The van der Waals surface area contributed by atoms with Gasteiger partial charge in [-0.15, -0.1) is 0 Å². The van der Waals surface area contributed by atoms with E-state index >= 15 is 0 Å². The molecule has 0 spiro atoms. The Morgan fingerprint density at radius 1 is 1.00 bits per heavy atom. The number of halogens is 6. The molecule has 2 rings (SSSR count). The number of nitrogens with zero attached hydrogens (tertiary/aromatic N) is 2. The predicted octanol–water partition coefficient (Wildman–Crippen LogP) is 3.92. The molecule has 0 N–H and O–H groups in total. The maximum atomic E-state index is 12.9. The van der Waals surface area contributed by atoms with Crippen molar-refractivity contribution in [2.45, 2.75) is 12.4 Å². The molecule has 20 heavy (non-hydrogen) atoms. The number of rotatable bonds is 1. The van der Waals surface area contributed by atoms with Crippen LogP contribution in [-0.2, 0) is 19.4 Å². The minimum absolute atomic E-state index is 0.423. The first-order chi connectivity index (χ1) is 9.10. The molecule has 0 aliphatic heterocycles. The van der Waals surface area contributed by atoms with Crippen molar-refractivity contribution in [1.29, 1.82) is 0 Å². The third kappa shape index (κ3) is 2.63. The van der Waals surface area contributed by atoms with Crippen molar-refractivity contribution < 1.29 is 26.3 Å². The topological polar surface area (TPSA) is 17.8 Å². The lowest BCUT2D eigenvalue weighted by atomic mass is 9.97. The second kappa shape index (κ2) is 4.53. The van der Waals surface area contributed by atoms with Gasteiger partial charge in [-0.2, -0.15) is 31.4 Å². The van der Waals surface area contributed by atoms with Gasteiger partial charge in [-0.3, -0.25) is 4.68 Å². The van der Waals surface area contributed by atoms with Gasteiger partial charge in [-0.1, -0.05) is 6.07 Å². The van der Waals surface area contributed by atoms with Crippen molar-refractivity contribution >= 4 is 0 Å². The fourth-order valence-corrected chi connectivity index (χ4v) is 1.80. The maximum Gasteiger partial charge on any atom is 0.417 e. The number of aromatic nitrogens is 2. The number of hydrogen-bond donors (Lipinski definition) is 0. The first-order valence-electron chi connectivity index (χ1n) is 5.30. The second-order valence-electron chi connectivity index (χ2n) is 4.01. The fraction of sp³-hybridized carbons (Fsp3) is 0.250. The van der Waals surface area contributed by atoms with Gasteiger partial charge in [-0.05, 0) is 18.2 Å². The van der Waals surface area contributed by atoms with Crippen LogP contribution in [0.15, 0.2) is 24.3 Å². The van der Waals surface area contributed by atoms with Crippen molar-refractivity contribution in [1.82, 2.24) is 9.78 Å². The molecule has 1 aromatic carbocycles. The zero-order valence-electron chi connectivity index (χ0n) is 9.97. The highest BCUT2D eigenvalue weighted by molar-refractivity contribution is 5.69. The summed E-state index contributed by atoms with van der Waals surface area (Å²) in [5.74, 6) is 0. The van der Waals surface area contributed by atoms with Crippen LogP contribution in [-0.4, -0.2) is 9.78 Å². The van der Waals surface area contributed by atoms with Crippen LogP contribution in [0.25, 0.3) is 11.3 Å². The quantitative estimate of drug-likeness (QED) is 0.729. The first kappa shape index (κ1) is 14.4. The molecule has 107 valence electrons. The van der Waals surface area contributed by atoms with Gasteiger partial charge in [0.25, 0.3) is 0 Å². The lowest BCUT2D eigenvalue weighted by Gasteiger charge is -2.17. The van der Waals surface area contributed by atoms with Gasteiger partial charge in [0.15, 0.2) is 0 Å². The van der Waals surface area contributed by atoms with Crippen LogP contribution in [0, 0.1) is 6.20 Å². The van der Waals surface area contributed by atoms with Gasteiger partial charge >= 0.3 is 12.4 Å². The van der Waals surface area contributed by atoms with Crippen LogP contribution in [0.2, 0.25) is 0 Å². The van der Waals surface area contributed by atoms with E-state index < -0.39 is 34.7 Å². The Morgan fingerprint density at radius 2 is 1.50 bits per heavy atom.